The van der Waals surface area contributed by atoms with Gasteiger partial charge in [0.15, 0.2) is 0 Å². The lowest BCUT2D eigenvalue weighted by molar-refractivity contribution is -0.128. The maximum atomic E-state index is 12.6. The standard InChI is InChI=1S/C27H28N4O3/c1-19-5-2-7-23(15-19)29-27(34)30-24-8-3-6-21(16-24)17-28-26(33)22-12-10-20(11-13-22)18-31-14-4-9-25(31)32/h2-3,5-8,10-13,15-16H,4,9,14,17-18H2,1H3,(H,28,33)(H2,29,30,34). The summed E-state index contributed by atoms with van der Waals surface area (Å²) in [5.41, 5.74) is 4.85. The normalized spacial score (nSPS) is 13.0. The maximum absolute atomic E-state index is 12.6. The Labute approximate surface area is 199 Å². The molecule has 3 N–H and O–H groups in total. The first-order valence-corrected chi connectivity index (χ1v) is 11.3. The molecule has 1 heterocycles. The Kier molecular flexibility index (Phi) is 7.22. The van der Waals surface area contributed by atoms with Crippen LogP contribution in [-0.4, -0.2) is 29.3 Å². The van der Waals surface area contributed by atoms with E-state index in [0.717, 1.165) is 35.3 Å². The zero-order valence-corrected chi connectivity index (χ0v) is 19.1. The van der Waals surface area contributed by atoms with Crippen LogP contribution < -0.4 is 16.0 Å². The molecule has 1 aliphatic heterocycles. The van der Waals surface area contributed by atoms with Gasteiger partial charge in [-0.2, -0.15) is 0 Å². The van der Waals surface area contributed by atoms with E-state index in [-0.39, 0.29) is 17.8 Å². The van der Waals surface area contributed by atoms with Crippen LogP contribution in [-0.2, 0) is 17.9 Å². The van der Waals surface area contributed by atoms with Crippen LogP contribution in [0.25, 0.3) is 0 Å². The van der Waals surface area contributed by atoms with E-state index in [4.69, 9.17) is 0 Å². The molecule has 7 nitrogen and oxygen atoms in total. The first-order chi connectivity index (χ1) is 16.5. The minimum absolute atomic E-state index is 0.181. The molecular weight excluding hydrogens is 428 g/mol. The van der Waals surface area contributed by atoms with Gasteiger partial charge in [0.25, 0.3) is 5.91 Å². The van der Waals surface area contributed by atoms with Crippen molar-refractivity contribution in [3.05, 3.63) is 95.1 Å². The Balaban J connectivity index is 1.28. The molecule has 0 bridgehead atoms. The third-order valence-electron chi connectivity index (χ3n) is 5.67. The molecule has 0 aliphatic carbocycles. The van der Waals surface area contributed by atoms with Gasteiger partial charge in [0.05, 0.1) is 0 Å². The van der Waals surface area contributed by atoms with Crippen LogP contribution in [0.1, 0.15) is 39.9 Å². The van der Waals surface area contributed by atoms with Gasteiger partial charge in [-0.05, 0) is 66.4 Å². The average molecular weight is 457 g/mol. The fraction of sp³-hybridized carbons (Fsp3) is 0.222. The van der Waals surface area contributed by atoms with Gasteiger partial charge in [-0.25, -0.2) is 4.79 Å². The van der Waals surface area contributed by atoms with E-state index >= 15 is 0 Å². The molecular formula is C27H28N4O3. The Morgan fingerprint density at radius 2 is 1.59 bits per heavy atom. The number of carbonyl (C=O) groups excluding carboxylic acids is 3. The third-order valence-corrected chi connectivity index (χ3v) is 5.67. The molecule has 1 aliphatic rings. The molecule has 0 unspecified atom stereocenters. The summed E-state index contributed by atoms with van der Waals surface area (Å²) >= 11 is 0. The Morgan fingerprint density at radius 3 is 2.26 bits per heavy atom. The number of hydrogen-bond acceptors (Lipinski definition) is 3. The van der Waals surface area contributed by atoms with E-state index in [1.165, 1.54) is 0 Å². The van der Waals surface area contributed by atoms with Crippen molar-refractivity contribution < 1.29 is 14.4 Å². The Hall–Kier alpha value is -4.13. The van der Waals surface area contributed by atoms with E-state index in [0.29, 0.717) is 30.8 Å². The molecule has 174 valence electrons. The van der Waals surface area contributed by atoms with Crippen molar-refractivity contribution in [2.75, 3.05) is 17.2 Å². The topological polar surface area (TPSA) is 90.5 Å². The summed E-state index contributed by atoms with van der Waals surface area (Å²) in [4.78, 5) is 38.5. The molecule has 7 heteroatoms. The average Bonchev–Trinajstić information content (AvgIpc) is 3.22. The van der Waals surface area contributed by atoms with Crippen LogP contribution in [0.4, 0.5) is 16.2 Å². The van der Waals surface area contributed by atoms with E-state index < -0.39 is 0 Å². The highest BCUT2D eigenvalue weighted by molar-refractivity contribution is 5.99. The number of nitrogens with zero attached hydrogens (tertiary/aromatic N) is 1. The lowest BCUT2D eigenvalue weighted by Crippen LogP contribution is -2.24. The summed E-state index contributed by atoms with van der Waals surface area (Å²) in [6, 6.07) is 21.9. The number of benzene rings is 3. The van der Waals surface area contributed by atoms with E-state index in [1.54, 1.807) is 18.2 Å². The molecule has 1 saturated heterocycles. The summed E-state index contributed by atoms with van der Waals surface area (Å²) in [5.74, 6) is 0.00513. The number of urea groups is 1. The minimum Gasteiger partial charge on any atom is -0.348 e. The summed E-state index contributed by atoms with van der Waals surface area (Å²) in [6.07, 6.45) is 1.53. The van der Waals surface area contributed by atoms with Gasteiger partial charge in [0.2, 0.25) is 5.91 Å². The van der Waals surface area contributed by atoms with Crippen molar-refractivity contribution in [2.45, 2.75) is 32.9 Å². The number of hydrogen-bond donors (Lipinski definition) is 3. The van der Waals surface area contributed by atoms with Gasteiger partial charge < -0.3 is 20.9 Å². The molecule has 3 aromatic rings. The second-order valence-electron chi connectivity index (χ2n) is 8.45. The predicted octanol–water partition coefficient (Wildman–Crippen LogP) is 4.69. The SMILES string of the molecule is Cc1cccc(NC(=O)Nc2cccc(CNC(=O)c3ccc(CN4CCCC4=O)cc3)c2)c1. The predicted molar refractivity (Wildman–Crippen MR) is 133 cm³/mol. The van der Waals surface area contributed by atoms with Gasteiger partial charge >= 0.3 is 6.03 Å². The zero-order valence-electron chi connectivity index (χ0n) is 19.1. The number of aryl methyl sites for hydroxylation is 1. The molecule has 0 saturated carbocycles. The summed E-state index contributed by atoms with van der Waals surface area (Å²) in [5, 5.41) is 8.54. The molecule has 4 amide bonds. The fourth-order valence-corrected chi connectivity index (χ4v) is 3.91. The van der Waals surface area contributed by atoms with Gasteiger partial charge in [-0.15, -0.1) is 0 Å². The number of anilines is 2. The van der Waals surface area contributed by atoms with Crippen LogP contribution in [0.15, 0.2) is 72.8 Å². The van der Waals surface area contributed by atoms with E-state index in [9.17, 15) is 14.4 Å². The molecule has 3 aromatic carbocycles. The lowest BCUT2D eigenvalue weighted by Gasteiger charge is -2.15. The van der Waals surface area contributed by atoms with E-state index in [2.05, 4.69) is 16.0 Å². The molecule has 0 spiro atoms. The highest BCUT2D eigenvalue weighted by Crippen LogP contribution is 2.16. The molecule has 0 radical (unpaired) electrons. The van der Waals surface area contributed by atoms with Gasteiger partial charge in [-0.1, -0.05) is 36.4 Å². The number of rotatable bonds is 7. The van der Waals surface area contributed by atoms with E-state index in [1.807, 2.05) is 66.4 Å². The molecule has 4 rings (SSSR count). The zero-order chi connectivity index (χ0) is 23.9. The van der Waals surface area contributed by atoms with Crippen molar-refractivity contribution in [3.8, 4) is 0 Å². The van der Waals surface area contributed by atoms with Crippen LogP contribution >= 0.6 is 0 Å². The molecule has 34 heavy (non-hydrogen) atoms. The third kappa shape index (κ3) is 6.22. The number of nitrogens with one attached hydrogen (secondary N) is 3. The van der Waals surface area contributed by atoms with Crippen molar-refractivity contribution in [3.63, 3.8) is 0 Å². The highest BCUT2D eigenvalue weighted by atomic mass is 16.2. The summed E-state index contributed by atoms with van der Waals surface area (Å²) in [6.45, 7) is 3.67. The summed E-state index contributed by atoms with van der Waals surface area (Å²) in [7, 11) is 0. The largest absolute Gasteiger partial charge is 0.348 e. The first kappa shape index (κ1) is 23.0. The number of carbonyl (C=O) groups is 3. The van der Waals surface area contributed by atoms with Crippen LogP contribution in [0.5, 0.6) is 0 Å². The quantitative estimate of drug-likeness (QED) is 0.482. The van der Waals surface area contributed by atoms with Crippen molar-refractivity contribution >= 4 is 29.2 Å². The fourth-order valence-electron chi connectivity index (χ4n) is 3.91. The number of likely N-dealkylation sites (tertiary alicyclic amines) is 1. The highest BCUT2D eigenvalue weighted by Gasteiger charge is 2.20. The van der Waals surface area contributed by atoms with Crippen LogP contribution in [0, 0.1) is 6.92 Å². The lowest BCUT2D eigenvalue weighted by atomic mass is 10.1. The molecule has 0 aromatic heterocycles. The second-order valence-corrected chi connectivity index (χ2v) is 8.45. The molecule has 0 atom stereocenters. The van der Waals surface area contributed by atoms with Crippen molar-refractivity contribution in [1.29, 1.82) is 0 Å². The first-order valence-electron chi connectivity index (χ1n) is 11.3. The molecule has 1 fully saturated rings. The summed E-state index contributed by atoms with van der Waals surface area (Å²) < 4.78 is 0. The smallest absolute Gasteiger partial charge is 0.323 e. The van der Waals surface area contributed by atoms with Crippen LogP contribution in [0.3, 0.4) is 0 Å². The van der Waals surface area contributed by atoms with Gasteiger partial charge in [0.1, 0.15) is 0 Å². The monoisotopic (exact) mass is 456 g/mol. The van der Waals surface area contributed by atoms with Crippen molar-refractivity contribution in [2.24, 2.45) is 0 Å². The van der Waals surface area contributed by atoms with Gasteiger partial charge in [0, 0.05) is 43.0 Å². The number of amides is 4. The van der Waals surface area contributed by atoms with Gasteiger partial charge in [-0.3, -0.25) is 9.59 Å². The maximum Gasteiger partial charge on any atom is 0.323 e. The second kappa shape index (κ2) is 10.7. The van der Waals surface area contributed by atoms with Crippen molar-refractivity contribution in [1.82, 2.24) is 10.2 Å². The Bertz CT molecular complexity index is 1190. The Morgan fingerprint density at radius 1 is 0.882 bits per heavy atom. The van der Waals surface area contributed by atoms with Crippen LogP contribution in [0.2, 0.25) is 0 Å². The minimum atomic E-state index is -0.331.